The van der Waals surface area contributed by atoms with E-state index in [0.29, 0.717) is 19.0 Å². The lowest BCUT2D eigenvalue weighted by Crippen LogP contribution is -2.30. The van der Waals surface area contributed by atoms with Crippen LogP contribution in [0.15, 0.2) is 0 Å². The molecule has 0 heterocycles. The summed E-state index contributed by atoms with van der Waals surface area (Å²) in [7, 11) is 0. The predicted octanol–water partition coefficient (Wildman–Crippen LogP) is 0.983. The zero-order chi connectivity index (χ0) is 10.1. The molecule has 78 valence electrons. The Bertz CT molecular complexity index is 142. The molecule has 13 heavy (non-hydrogen) atoms. The third kappa shape index (κ3) is 9.70. The van der Waals surface area contributed by atoms with Gasteiger partial charge in [0.1, 0.15) is 0 Å². The maximum Gasteiger partial charge on any atom is 0.218 e. The zero-order valence-corrected chi connectivity index (χ0v) is 9.32. The van der Waals surface area contributed by atoms with Crippen LogP contribution in [-0.2, 0) is 4.79 Å². The van der Waals surface area contributed by atoms with Crippen LogP contribution in [0.1, 0.15) is 26.7 Å². The van der Waals surface area contributed by atoms with Gasteiger partial charge >= 0.3 is 0 Å². The predicted molar refractivity (Wildman–Crippen MR) is 58.9 cm³/mol. The van der Waals surface area contributed by atoms with E-state index < -0.39 is 0 Å². The molecule has 0 aliphatic heterocycles. The number of hydrogen-bond donors (Lipinski definition) is 2. The summed E-state index contributed by atoms with van der Waals surface area (Å²) in [5.41, 5.74) is 5.02. The van der Waals surface area contributed by atoms with Gasteiger partial charge in [0.25, 0.3) is 0 Å². The van der Waals surface area contributed by atoms with Crippen molar-refractivity contribution in [1.29, 1.82) is 0 Å². The second-order valence-electron chi connectivity index (χ2n) is 3.06. The highest BCUT2D eigenvalue weighted by Crippen LogP contribution is 2.03. The summed E-state index contributed by atoms with van der Waals surface area (Å²) in [6.07, 6.45) is 1.59. The standard InChI is InChI=1S/C9H20N2OS/c1-3-13-7-5-8(2)11-6-4-9(10)12/h8,11H,3-7H2,1-2H3,(H2,10,12). The smallest absolute Gasteiger partial charge is 0.218 e. The first-order valence-electron chi connectivity index (χ1n) is 4.76. The van der Waals surface area contributed by atoms with Crippen LogP contribution in [-0.4, -0.2) is 30.0 Å². The van der Waals surface area contributed by atoms with Gasteiger partial charge in [-0.2, -0.15) is 11.8 Å². The lowest BCUT2D eigenvalue weighted by atomic mass is 10.2. The van der Waals surface area contributed by atoms with E-state index in [2.05, 4.69) is 19.2 Å². The van der Waals surface area contributed by atoms with Crippen molar-refractivity contribution >= 4 is 17.7 Å². The second kappa shape index (κ2) is 8.38. The summed E-state index contributed by atoms with van der Waals surface area (Å²) >= 11 is 1.94. The first-order valence-corrected chi connectivity index (χ1v) is 5.91. The van der Waals surface area contributed by atoms with Gasteiger partial charge in [0.05, 0.1) is 0 Å². The van der Waals surface area contributed by atoms with Gasteiger partial charge in [-0.1, -0.05) is 6.92 Å². The molecule has 0 saturated carbocycles. The van der Waals surface area contributed by atoms with Gasteiger partial charge in [0.2, 0.25) is 5.91 Å². The Morgan fingerprint density at radius 1 is 1.62 bits per heavy atom. The monoisotopic (exact) mass is 204 g/mol. The molecule has 4 heteroatoms. The van der Waals surface area contributed by atoms with Gasteiger partial charge < -0.3 is 11.1 Å². The summed E-state index contributed by atoms with van der Waals surface area (Å²) in [4.78, 5) is 10.4. The van der Waals surface area contributed by atoms with Gasteiger partial charge in [-0.05, 0) is 24.9 Å². The molecule has 0 spiro atoms. The Morgan fingerprint density at radius 2 is 2.31 bits per heavy atom. The number of rotatable bonds is 8. The minimum Gasteiger partial charge on any atom is -0.370 e. The molecule has 1 unspecified atom stereocenters. The number of primary amides is 1. The van der Waals surface area contributed by atoms with Crippen molar-refractivity contribution < 1.29 is 4.79 Å². The van der Waals surface area contributed by atoms with Crippen molar-refractivity contribution in [3.8, 4) is 0 Å². The molecule has 0 radical (unpaired) electrons. The minimum absolute atomic E-state index is 0.234. The van der Waals surface area contributed by atoms with Crippen molar-refractivity contribution in [3.05, 3.63) is 0 Å². The molecule has 0 aliphatic carbocycles. The normalized spacial score (nSPS) is 12.8. The SMILES string of the molecule is CCSCCC(C)NCCC(N)=O. The number of amides is 1. The number of nitrogens with two attached hydrogens (primary N) is 1. The molecule has 0 saturated heterocycles. The molecule has 0 aliphatic rings. The maximum atomic E-state index is 10.4. The first-order chi connectivity index (χ1) is 6.16. The molecule has 0 aromatic carbocycles. The van der Waals surface area contributed by atoms with E-state index in [4.69, 9.17) is 5.73 Å². The molecule has 1 amide bonds. The highest BCUT2D eigenvalue weighted by atomic mass is 32.2. The van der Waals surface area contributed by atoms with E-state index in [9.17, 15) is 4.79 Å². The van der Waals surface area contributed by atoms with E-state index >= 15 is 0 Å². The lowest BCUT2D eigenvalue weighted by molar-refractivity contribution is -0.117. The van der Waals surface area contributed by atoms with Gasteiger partial charge in [-0.15, -0.1) is 0 Å². The van der Waals surface area contributed by atoms with E-state index in [1.165, 1.54) is 11.5 Å². The summed E-state index contributed by atoms with van der Waals surface area (Å²) in [5.74, 6) is 2.12. The molecule has 0 bridgehead atoms. The fraction of sp³-hybridized carbons (Fsp3) is 0.889. The van der Waals surface area contributed by atoms with Gasteiger partial charge in [-0.3, -0.25) is 4.79 Å². The molecule has 0 aromatic heterocycles. The molecule has 3 nitrogen and oxygen atoms in total. The van der Waals surface area contributed by atoms with Crippen LogP contribution in [0, 0.1) is 0 Å². The Kier molecular flexibility index (Phi) is 8.24. The number of carbonyl (C=O) groups is 1. The summed E-state index contributed by atoms with van der Waals surface area (Å²) in [5, 5.41) is 3.26. The van der Waals surface area contributed by atoms with Crippen LogP contribution in [0.4, 0.5) is 0 Å². The fourth-order valence-electron chi connectivity index (χ4n) is 0.948. The van der Waals surface area contributed by atoms with Crippen LogP contribution in [0.3, 0.4) is 0 Å². The maximum absolute atomic E-state index is 10.4. The van der Waals surface area contributed by atoms with Crippen molar-refractivity contribution in [2.75, 3.05) is 18.1 Å². The Hall–Kier alpha value is -0.220. The molecule has 1 atom stereocenters. The van der Waals surface area contributed by atoms with Crippen LogP contribution >= 0.6 is 11.8 Å². The molecule has 0 fully saturated rings. The number of carbonyl (C=O) groups excluding carboxylic acids is 1. The van der Waals surface area contributed by atoms with Gasteiger partial charge in [0, 0.05) is 19.0 Å². The highest BCUT2D eigenvalue weighted by molar-refractivity contribution is 7.99. The van der Waals surface area contributed by atoms with Gasteiger partial charge in [0.15, 0.2) is 0 Å². The van der Waals surface area contributed by atoms with Crippen LogP contribution in [0.2, 0.25) is 0 Å². The molecular formula is C9H20N2OS. The molecule has 3 N–H and O–H groups in total. The Balaban J connectivity index is 3.19. The largest absolute Gasteiger partial charge is 0.370 e. The quantitative estimate of drug-likeness (QED) is 0.580. The molecule has 0 aromatic rings. The van der Waals surface area contributed by atoms with Crippen molar-refractivity contribution in [2.24, 2.45) is 5.73 Å². The topological polar surface area (TPSA) is 55.1 Å². The molecule has 0 rings (SSSR count). The van der Waals surface area contributed by atoms with E-state index in [1.54, 1.807) is 0 Å². The minimum atomic E-state index is -0.234. The Labute approximate surface area is 84.8 Å². The summed E-state index contributed by atoms with van der Waals surface area (Å²) in [6, 6.07) is 0.485. The van der Waals surface area contributed by atoms with E-state index in [-0.39, 0.29) is 5.91 Å². The summed E-state index contributed by atoms with van der Waals surface area (Å²) < 4.78 is 0. The van der Waals surface area contributed by atoms with E-state index in [1.807, 2.05) is 11.8 Å². The average Bonchev–Trinajstić information content (AvgIpc) is 2.04. The van der Waals surface area contributed by atoms with Crippen LogP contribution in [0.5, 0.6) is 0 Å². The second-order valence-corrected chi connectivity index (χ2v) is 4.45. The number of nitrogens with one attached hydrogen (secondary N) is 1. The van der Waals surface area contributed by atoms with Crippen molar-refractivity contribution in [3.63, 3.8) is 0 Å². The first kappa shape index (κ1) is 12.8. The third-order valence-corrected chi connectivity index (χ3v) is 2.70. The third-order valence-electron chi connectivity index (χ3n) is 1.76. The van der Waals surface area contributed by atoms with Crippen molar-refractivity contribution in [1.82, 2.24) is 5.32 Å². The molecular weight excluding hydrogens is 184 g/mol. The van der Waals surface area contributed by atoms with E-state index in [0.717, 1.165) is 6.42 Å². The van der Waals surface area contributed by atoms with Crippen molar-refractivity contribution in [2.45, 2.75) is 32.7 Å². The zero-order valence-electron chi connectivity index (χ0n) is 8.51. The summed E-state index contributed by atoms with van der Waals surface area (Å²) in [6.45, 7) is 5.00. The highest BCUT2D eigenvalue weighted by Gasteiger charge is 2.01. The van der Waals surface area contributed by atoms with Crippen LogP contribution < -0.4 is 11.1 Å². The van der Waals surface area contributed by atoms with Crippen LogP contribution in [0.25, 0.3) is 0 Å². The Morgan fingerprint density at radius 3 is 2.85 bits per heavy atom. The lowest BCUT2D eigenvalue weighted by Gasteiger charge is -2.12. The number of hydrogen-bond acceptors (Lipinski definition) is 3. The average molecular weight is 204 g/mol. The number of thioether (sulfide) groups is 1. The fourth-order valence-corrected chi connectivity index (χ4v) is 1.76. The van der Waals surface area contributed by atoms with Gasteiger partial charge in [-0.25, -0.2) is 0 Å².